The Balaban J connectivity index is 1.83. The summed E-state index contributed by atoms with van der Waals surface area (Å²) < 4.78 is 3.16. The number of aromatic nitrogens is 4. The van der Waals surface area contributed by atoms with E-state index in [0.717, 1.165) is 26.8 Å². The molecule has 0 saturated heterocycles. The van der Waals surface area contributed by atoms with Crippen LogP contribution in [0.15, 0.2) is 71.1 Å². The first-order valence-electron chi connectivity index (χ1n) is 7.09. The smallest absolute Gasteiger partial charge is 0.192 e. The van der Waals surface area contributed by atoms with E-state index in [0.29, 0.717) is 6.54 Å². The zero-order valence-corrected chi connectivity index (χ0v) is 14.8. The third-order valence-electron chi connectivity index (χ3n) is 3.25. The SMILES string of the molecule is C=CCn1c(SCc2ccc(Br)cc2)nnc1-c1ccncc1. The van der Waals surface area contributed by atoms with E-state index in [1.807, 2.05) is 30.3 Å². The van der Waals surface area contributed by atoms with Gasteiger partial charge in [0.2, 0.25) is 0 Å². The van der Waals surface area contributed by atoms with Gasteiger partial charge in [-0.3, -0.25) is 9.55 Å². The van der Waals surface area contributed by atoms with Gasteiger partial charge in [0.05, 0.1) is 0 Å². The molecule has 0 aliphatic rings. The number of nitrogens with zero attached hydrogens (tertiary/aromatic N) is 4. The quantitative estimate of drug-likeness (QED) is 0.459. The van der Waals surface area contributed by atoms with Gasteiger partial charge in [-0.25, -0.2) is 0 Å². The summed E-state index contributed by atoms with van der Waals surface area (Å²) in [6.45, 7) is 4.51. The first-order chi connectivity index (χ1) is 11.3. The van der Waals surface area contributed by atoms with Crippen LogP contribution < -0.4 is 0 Å². The van der Waals surface area contributed by atoms with Crippen molar-refractivity contribution in [2.75, 3.05) is 0 Å². The fraction of sp³-hybridized carbons (Fsp3) is 0.118. The van der Waals surface area contributed by atoms with E-state index in [1.54, 1.807) is 24.2 Å². The lowest BCUT2D eigenvalue weighted by Crippen LogP contribution is -2.00. The van der Waals surface area contributed by atoms with Crippen LogP contribution in [-0.2, 0) is 12.3 Å². The normalized spacial score (nSPS) is 10.7. The average Bonchev–Trinajstić information content (AvgIpc) is 2.98. The monoisotopic (exact) mass is 386 g/mol. The Labute approximate surface area is 147 Å². The first-order valence-corrected chi connectivity index (χ1v) is 8.87. The predicted molar refractivity (Wildman–Crippen MR) is 97.2 cm³/mol. The van der Waals surface area contributed by atoms with Gasteiger partial charge in [-0.2, -0.15) is 0 Å². The molecule has 2 heterocycles. The van der Waals surface area contributed by atoms with E-state index < -0.39 is 0 Å². The summed E-state index contributed by atoms with van der Waals surface area (Å²) in [4.78, 5) is 4.05. The lowest BCUT2D eigenvalue weighted by Gasteiger charge is -2.07. The van der Waals surface area contributed by atoms with Gasteiger partial charge >= 0.3 is 0 Å². The molecule has 23 heavy (non-hydrogen) atoms. The molecule has 6 heteroatoms. The molecule has 116 valence electrons. The van der Waals surface area contributed by atoms with Gasteiger partial charge in [0, 0.05) is 34.7 Å². The fourth-order valence-electron chi connectivity index (χ4n) is 2.13. The molecule has 0 radical (unpaired) electrons. The molecule has 0 atom stereocenters. The van der Waals surface area contributed by atoms with E-state index in [2.05, 4.69) is 54.4 Å². The van der Waals surface area contributed by atoms with E-state index in [4.69, 9.17) is 0 Å². The van der Waals surface area contributed by atoms with Gasteiger partial charge in [0.1, 0.15) is 0 Å². The van der Waals surface area contributed by atoms with E-state index in [9.17, 15) is 0 Å². The van der Waals surface area contributed by atoms with Gasteiger partial charge < -0.3 is 0 Å². The zero-order chi connectivity index (χ0) is 16.1. The molecule has 0 aliphatic carbocycles. The third-order valence-corrected chi connectivity index (χ3v) is 4.81. The largest absolute Gasteiger partial charge is 0.298 e. The van der Waals surface area contributed by atoms with Crippen molar-refractivity contribution in [2.24, 2.45) is 0 Å². The lowest BCUT2D eigenvalue weighted by molar-refractivity contribution is 0.731. The number of allylic oxidation sites excluding steroid dienone is 1. The minimum Gasteiger partial charge on any atom is -0.298 e. The predicted octanol–water partition coefficient (Wildman–Crippen LogP) is 4.58. The van der Waals surface area contributed by atoms with Crippen molar-refractivity contribution in [2.45, 2.75) is 17.5 Å². The third kappa shape index (κ3) is 3.89. The molecule has 0 aliphatic heterocycles. The topological polar surface area (TPSA) is 43.6 Å². The van der Waals surface area contributed by atoms with Crippen molar-refractivity contribution in [3.05, 3.63) is 71.5 Å². The molecular weight excluding hydrogens is 372 g/mol. The summed E-state index contributed by atoms with van der Waals surface area (Å²) >= 11 is 5.13. The maximum atomic E-state index is 4.34. The Hall–Kier alpha value is -1.92. The number of thioether (sulfide) groups is 1. The standard InChI is InChI=1S/C17H15BrN4S/c1-2-11-22-16(14-7-9-19-10-8-14)20-21-17(22)23-12-13-3-5-15(18)6-4-13/h2-10H,1,11-12H2. The Bertz CT molecular complexity index is 784. The van der Waals surface area contributed by atoms with Crippen molar-refractivity contribution < 1.29 is 0 Å². The van der Waals surface area contributed by atoms with Crippen molar-refractivity contribution in [3.8, 4) is 11.4 Å². The summed E-state index contributed by atoms with van der Waals surface area (Å²) in [7, 11) is 0. The number of benzene rings is 1. The summed E-state index contributed by atoms with van der Waals surface area (Å²) in [6, 6.07) is 12.2. The van der Waals surface area contributed by atoms with Crippen LogP contribution in [0.3, 0.4) is 0 Å². The Morgan fingerprint density at radius 1 is 1.09 bits per heavy atom. The molecule has 1 aromatic carbocycles. The Morgan fingerprint density at radius 3 is 2.52 bits per heavy atom. The van der Waals surface area contributed by atoms with Gasteiger partial charge in [0.15, 0.2) is 11.0 Å². The van der Waals surface area contributed by atoms with Crippen molar-refractivity contribution >= 4 is 27.7 Å². The molecule has 0 saturated carbocycles. The average molecular weight is 387 g/mol. The zero-order valence-electron chi connectivity index (χ0n) is 12.4. The maximum Gasteiger partial charge on any atom is 0.192 e. The number of rotatable bonds is 6. The number of hydrogen-bond acceptors (Lipinski definition) is 4. The Morgan fingerprint density at radius 2 is 1.83 bits per heavy atom. The highest BCUT2D eigenvalue weighted by Crippen LogP contribution is 2.26. The van der Waals surface area contributed by atoms with Crippen LogP contribution in [-0.4, -0.2) is 19.7 Å². The van der Waals surface area contributed by atoms with Crippen LogP contribution in [0.4, 0.5) is 0 Å². The second-order valence-electron chi connectivity index (χ2n) is 4.86. The maximum absolute atomic E-state index is 4.34. The highest BCUT2D eigenvalue weighted by molar-refractivity contribution is 9.10. The highest BCUT2D eigenvalue weighted by atomic mass is 79.9. The van der Waals surface area contributed by atoms with Crippen LogP contribution in [0.5, 0.6) is 0 Å². The van der Waals surface area contributed by atoms with Gasteiger partial charge in [-0.15, -0.1) is 16.8 Å². The molecule has 0 unspecified atom stereocenters. The molecule has 0 N–H and O–H groups in total. The van der Waals surface area contributed by atoms with Crippen LogP contribution in [0.25, 0.3) is 11.4 Å². The minimum absolute atomic E-state index is 0.674. The number of pyridine rings is 1. The molecule has 0 bridgehead atoms. The van der Waals surface area contributed by atoms with Crippen LogP contribution in [0.1, 0.15) is 5.56 Å². The van der Waals surface area contributed by atoms with E-state index >= 15 is 0 Å². The molecule has 3 rings (SSSR count). The van der Waals surface area contributed by atoms with Crippen LogP contribution >= 0.6 is 27.7 Å². The summed E-state index contributed by atoms with van der Waals surface area (Å²) in [6.07, 6.45) is 5.38. The molecule has 0 spiro atoms. The lowest BCUT2D eigenvalue weighted by atomic mass is 10.2. The van der Waals surface area contributed by atoms with Gasteiger partial charge in [-0.05, 0) is 29.8 Å². The molecule has 0 amide bonds. The van der Waals surface area contributed by atoms with Crippen molar-refractivity contribution in [1.29, 1.82) is 0 Å². The molecule has 0 fully saturated rings. The van der Waals surface area contributed by atoms with Crippen molar-refractivity contribution in [1.82, 2.24) is 19.7 Å². The highest BCUT2D eigenvalue weighted by Gasteiger charge is 2.13. The van der Waals surface area contributed by atoms with Gasteiger partial charge in [0.25, 0.3) is 0 Å². The minimum atomic E-state index is 0.674. The molecule has 3 aromatic rings. The molecule has 2 aromatic heterocycles. The molecular formula is C17H15BrN4S. The summed E-state index contributed by atoms with van der Waals surface area (Å²) in [5, 5.41) is 9.57. The number of halogens is 1. The van der Waals surface area contributed by atoms with E-state index in [-0.39, 0.29) is 0 Å². The van der Waals surface area contributed by atoms with Crippen LogP contribution in [0.2, 0.25) is 0 Å². The van der Waals surface area contributed by atoms with Crippen molar-refractivity contribution in [3.63, 3.8) is 0 Å². The van der Waals surface area contributed by atoms with Crippen LogP contribution in [0, 0.1) is 0 Å². The molecule has 4 nitrogen and oxygen atoms in total. The first kappa shape index (κ1) is 16.0. The van der Waals surface area contributed by atoms with E-state index in [1.165, 1.54) is 5.56 Å². The second kappa shape index (κ2) is 7.57. The Kier molecular flexibility index (Phi) is 5.25. The number of hydrogen-bond donors (Lipinski definition) is 0. The summed E-state index contributed by atoms with van der Waals surface area (Å²) in [5.41, 5.74) is 2.25. The second-order valence-corrected chi connectivity index (χ2v) is 6.71. The fourth-order valence-corrected chi connectivity index (χ4v) is 3.30. The van der Waals surface area contributed by atoms with Gasteiger partial charge in [-0.1, -0.05) is 45.9 Å². The summed E-state index contributed by atoms with van der Waals surface area (Å²) in [5.74, 6) is 1.68.